The molecule has 0 heterocycles. The molecule has 0 fully saturated rings. The molecule has 0 aromatic carbocycles. The second-order valence-corrected chi connectivity index (χ2v) is 4.91. The van der Waals surface area contributed by atoms with Crippen molar-refractivity contribution in [3.8, 4) is 0 Å². The SMILES string of the molecule is CCC(CC)C(CNC(=O)C(N)COC)N(C)C. The molecule has 0 saturated carbocycles. The lowest BCUT2D eigenvalue weighted by Gasteiger charge is -2.31. The summed E-state index contributed by atoms with van der Waals surface area (Å²) in [6, 6.07) is -0.238. The molecule has 0 bridgehead atoms. The summed E-state index contributed by atoms with van der Waals surface area (Å²) in [4.78, 5) is 13.9. The van der Waals surface area contributed by atoms with E-state index >= 15 is 0 Å². The molecule has 0 aromatic rings. The summed E-state index contributed by atoms with van der Waals surface area (Å²) in [6.07, 6.45) is 2.22. The average molecular weight is 259 g/mol. The van der Waals surface area contributed by atoms with E-state index in [-0.39, 0.29) is 12.5 Å². The van der Waals surface area contributed by atoms with E-state index in [0.717, 1.165) is 12.8 Å². The Bertz CT molecular complexity index is 230. The van der Waals surface area contributed by atoms with Crippen LogP contribution in [-0.4, -0.2) is 57.2 Å². The number of carbonyl (C=O) groups excluding carboxylic acids is 1. The lowest BCUT2D eigenvalue weighted by atomic mass is 9.93. The van der Waals surface area contributed by atoms with E-state index in [4.69, 9.17) is 10.5 Å². The molecule has 0 aliphatic rings. The molecular formula is C13H29N3O2. The van der Waals surface area contributed by atoms with E-state index in [0.29, 0.717) is 18.5 Å². The third-order valence-corrected chi connectivity index (χ3v) is 3.42. The number of likely N-dealkylation sites (N-methyl/N-ethyl adjacent to an activating group) is 1. The van der Waals surface area contributed by atoms with Gasteiger partial charge in [0, 0.05) is 19.7 Å². The summed E-state index contributed by atoms with van der Waals surface area (Å²) in [7, 11) is 5.63. The fourth-order valence-electron chi connectivity index (χ4n) is 2.20. The van der Waals surface area contributed by atoms with E-state index in [9.17, 15) is 4.79 Å². The molecule has 1 amide bonds. The van der Waals surface area contributed by atoms with Crippen LogP contribution in [0.4, 0.5) is 0 Å². The normalized spacial score (nSPS) is 14.9. The molecule has 0 spiro atoms. The van der Waals surface area contributed by atoms with E-state index < -0.39 is 6.04 Å². The highest BCUT2D eigenvalue weighted by molar-refractivity contribution is 5.81. The highest BCUT2D eigenvalue weighted by Crippen LogP contribution is 2.16. The molecule has 0 aromatic heterocycles. The van der Waals surface area contributed by atoms with Gasteiger partial charge in [0.1, 0.15) is 6.04 Å². The number of methoxy groups -OCH3 is 1. The molecule has 2 unspecified atom stereocenters. The van der Waals surface area contributed by atoms with Crippen molar-refractivity contribution in [2.24, 2.45) is 11.7 Å². The second kappa shape index (κ2) is 9.30. The van der Waals surface area contributed by atoms with E-state index in [1.54, 1.807) is 7.11 Å². The maximum atomic E-state index is 11.7. The quantitative estimate of drug-likeness (QED) is 0.630. The number of ether oxygens (including phenoxy) is 1. The molecule has 0 aliphatic heterocycles. The van der Waals surface area contributed by atoms with Crippen molar-refractivity contribution in [2.75, 3.05) is 34.4 Å². The van der Waals surface area contributed by atoms with Gasteiger partial charge in [-0.05, 0) is 20.0 Å². The van der Waals surface area contributed by atoms with Crippen molar-refractivity contribution in [3.63, 3.8) is 0 Å². The lowest BCUT2D eigenvalue weighted by Crippen LogP contribution is -2.50. The van der Waals surface area contributed by atoms with Crippen molar-refractivity contribution >= 4 is 5.91 Å². The molecule has 5 nitrogen and oxygen atoms in total. The van der Waals surface area contributed by atoms with Crippen molar-refractivity contribution in [1.29, 1.82) is 0 Å². The summed E-state index contributed by atoms with van der Waals surface area (Å²) in [5, 5.41) is 2.91. The van der Waals surface area contributed by atoms with Crippen LogP contribution in [0.15, 0.2) is 0 Å². The molecule has 3 N–H and O–H groups in total. The van der Waals surface area contributed by atoms with E-state index in [1.165, 1.54) is 0 Å². The van der Waals surface area contributed by atoms with Gasteiger partial charge in [-0.3, -0.25) is 4.79 Å². The van der Waals surface area contributed by atoms with Crippen LogP contribution in [0.1, 0.15) is 26.7 Å². The third-order valence-electron chi connectivity index (χ3n) is 3.42. The Balaban J connectivity index is 4.31. The van der Waals surface area contributed by atoms with Crippen LogP contribution in [0.5, 0.6) is 0 Å². The van der Waals surface area contributed by atoms with E-state index in [1.807, 2.05) is 14.1 Å². The van der Waals surface area contributed by atoms with Gasteiger partial charge < -0.3 is 20.7 Å². The first kappa shape index (κ1) is 17.4. The van der Waals surface area contributed by atoms with Crippen LogP contribution < -0.4 is 11.1 Å². The number of carbonyl (C=O) groups is 1. The minimum atomic E-state index is -0.584. The van der Waals surface area contributed by atoms with Gasteiger partial charge >= 0.3 is 0 Å². The fourth-order valence-corrected chi connectivity index (χ4v) is 2.20. The maximum Gasteiger partial charge on any atom is 0.239 e. The molecule has 2 atom stereocenters. The Labute approximate surface area is 111 Å². The topological polar surface area (TPSA) is 67.6 Å². The Kier molecular flexibility index (Phi) is 8.97. The molecule has 108 valence electrons. The first-order chi connectivity index (χ1) is 8.47. The molecule has 0 aliphatic carbocycles. The second-order valence-electron chi connectivity index (χ2n) is 4.91. The van der Waals surface area contributed by atoms with Crippen LogP contribution in [0, 0.1) is 5.92 Å². The first-order valence-corrected chi connectivity index (χ1v) is 6.66. The van der Waals surface area contributed by atoms with Crippen molar-refractivity contribution in [3.05, 3.63) is 0 Å². The molecule has 0 rings (SSSR count). The third kappa shape index (κ3) is 5.80. The van der Waals surface area contributed by atoms with Crippen LogP contribution in [0.3, 0.4) is 0 Å². The molecule has 18 heavy (non-hydrogen) atoms. The zero-order valence-electron chi connectivity index (χ0n) is 12.4. The Morgan fingerprint density at radius 2 is 1.89 bits per heavy atom. The number of rotatable bonds is 9. The summed E-state index contributed by atoms with van der Waals surface area (Å²) in [5.41, 5.74) is 5.68. The largest absolute Gasteiger partial charge is 0.383 e. The number of nitrogens with two attached hydrogens (primary N) is 1. The van der Waals surface area contributed by atoms with Gasteiger partial charge in [0.2, 0.25) is 5.91 Å². The Morgan fingerprint density at radius 1 is 1.33 bits per heavy atom. The Morgan fingerprint density at radius 3 is 2.28 bits per heavy atom. The van der Waals surface area contributed by atoms with Gasteiger partial charge in [-0.2, -0.15) is 0 Å². The van der Waals surface area contributed by atoms with Gasteiger partial charge in [-0.15, -0.1) is 0 Å². The van der Waals surface area contributed by atoms with Crippen molar-refractivity contribution in [1.82, 2.24) is 10.2 Å². The van der Waals surface area contributed by atoms with Crippen LogP contribution >= 0.6 is 0 Å². The highest BCUT2D eigenvalue weighted by Gasteiger charge is 2.22. The fraction of sp³-hybridized carbons (Fsp3) is 0.923. The lowest BCUT2D eigenvalue weighted by molar-refractivity contribution is -0.123. The number of hydrogen-bond acceptors (Lipinski definition) is 4. The minimum absolute atomic E-state index is 0.144. The summed E-state index contributed by atoms with van der Waals surface area (Å²) >= 11 is 0. The molecule has 0 saturated heterocycles. The van der Waals surface area contributed by atoms with Gasteiger partial charge in [0.25, 0.3) is 0 Å². The number of amides is 1. The monoisotopic (exact) mass is 259 g/mol. The molecule has 5 heteroatoms. The standard InChI is InChI=1S/C13H29N3O2/c1-6-10(7-2)12(16(3)4)8-15-13(17)11(14)9-18-5/h10-12H,6-9,14H2,1-5H3,(H,15,17). The average Bonchev–Trinajstić information content (AvgIpc) is 2.33. The smallest absolute Gasteiger partial charge is 0.239 e. The van der Waals surface area contributed by atoms with Crippen LogP contribution in [0.25, 0.3) is 0 Å². The van der Waals surface area contributed by atoms with Gasteiger partial charge in [0.15, 0.2) is 0 Å². The zero-order valence-corrected chi connectivity index (χ0v) is 12.4. The summed E-state index contributed by atoms with van der Waals surface area (Å²) < 4.78 is 4.87. The summed E-state index contributed by atoms with van der Waals surface area (Å²) in [6.45, 7) is 5.26. The predicted molar refractivity (Wildman–Crippen MR) is 74.4 cm³/mol. The molecule has 0 radical (unpaired) electrons. The zero-order chi connectivity index (χ0) is 14.1. The van der Waals surface area contributed by atoms with Crippen molar-refractivity contribution < 1.29 is 9.53 Å². The highest BCUT2D eigenvalue weighted by atomic mass is 16.5. The number of hydrogen-bond donors (Lipinski definition) is 2. The van der Waals surface area contributed by atoms with Crippen molar-refractivity contribution in [2.45, 2.75) is 38.8 Å². The number of nitrogens with zero attached hydrogens (tertiary/aromatic N) is 1. The number of nitrogens with one attached hydrogen (secondary N) is 1. The van der Waals surface area contributed by atoms with E-state index in [2.05, 4.69) is 24.1 Å². The minimum Gasteiger partial charge on any atom is -0.383 e. The predicted octanol–water partition coefficient (Wildman–Crippen LogP) is 0.443. The van der Waals surface area contributed by atoms with Crippen LogP contribution in [-0.2, 0) is 9.53 Å². The van der Waals surface area contributed by atoms with Crippen LogP contribution in [0.2, 0.25) is 0 Å². The Hall–Kier alpha value is -0.650. The van der Waals surface area contributed by atoms with Gasteiger partial charge in [-0.1, -0.05) is 26.7 Å². The maximum absolute atomic E-state index is 11.7. The first-order valence-electron chi connectivity index (χ1n) is 6.66. The summed E-state index contributed by atoms with van der Waals surface area (Å²) in [5.74, 6) is 0.439. The molecular weight excluding hydrogens is 230 g/mol. The van der Waals surface area contributed by atoms with Gasteiger partial charge in [0.05, 0.1) is 6.61 Å². The van der Waals surface area contributed by atoms with Gasteiger partial charge in [-0.25, -0.2) is 0 Å².